The van der Waals surface area contributed by atoms with Crippen LogP contribution in [0.2, 0.25) is 0 Å². The van der Waals surface area contributed by atoms with Crippen LogP contribution in [0.15, 0.2) is 0 Å². The molecule has 3 saturated carbocycles. The van der Waals surface area contributed by atoms with Gasteiger partial charge in [0.05, 0.1) is 12.5 Å². The Morgan fingerprint density at radius 1 is 1.17 bits per heavy atom. The maximum atomic E-state index is 11.7. The Bertz CT molecular complexity index is 377. The van der Waals surface area contributed by atoms with Gasteiger partial charge >= 0.3 is 12.1 Å². The van der Waals surface area contributed by atoms with Gasteiger partial charge < -0.3 is 14.8 Å². The molecule has 0 unspecified atom stereocenters. The normalized spacial score (nSPS) is 33.6. The highest BCUT2D eigenvalue weighted by atomic mass is 16.6. The SMILES string of the molecule is COC(=O)C12CCC(NC(=O)OC(C)(C)C)(C1)C2. The zero-order valence-electron chi connectivity index (χ0n) is 11.5. The summed E-state index contributed by atoms with van der Waals surface area (Å²) in [4.78, 5) is 23.4. The van der Waals surface area contributed by atoms with E-state index in [-0.39, 0.29) is 16.9 Å². The lowest BCUT2D eigenvalue weighted by molar-refractivity contribution is -0.158. The number of esters is 1. The highest BCUT2D eigenvalue weighted by Gasteiger charge is 2.66. The zero-order chi connectivity index (χ0) is 13.6. The van der Waals surface area contributed by atoms with Crippen LogP contribution in [0.4, 0.5) is 4.79 Å². The monoisotopic (exact) mass is 255 g/mol. The van der Waals surface area contributed by atoms with Crippen molar-refractivity contribution in [2.45, 2.75) is 57.6 Å². The summed E-state index contributed by atoms with van der Waals surface area (Å²) >= 11 is 0. The molecule has 5 nitrogen and oxygen atoms in total. The molecule has 0 aliphatic heterocycles. The number of ether oxygens (including phenoxy) is 2. The first-order chi connectivity index (χ1) is 8.20. The van der Waals surface area contributed by atoms with Crippen LogP contribution < -0.4 is 5.32 Å². The van der Waals surface area contributed by atoms with Gasteiger partial charge in [-0.25, -0.2) is 4.79 Å². The smallest absolute Gasteiger partial charge is 0.408 e. The molecule has 0 aromatic heterocycles. The molecule has 18 heavy (non-hydrogen) atoms. The Labute approximate surface area is 107 Å². The van der Waals surface area contributed by atoms with Gasteiger partial charge in [0, 0.05) is 5.54 Å². The predicted octanol–water partition coefficient (Wildman–Crippen LogP) is 2.00. The first kappa shape index (κ1) is 13.2. The van der Waals surface area contributed by atoms with Crippen LogP contribution >= 0.6 is 0 Å². The van der Waals surface area contributed by atoms with E-state index < -0.39 is 11.7 Å². The van der Waals surface area contributed by atoms with Crippen molar-refractivity contribution in [3.8, 4) is 0 Å². The topological polar surface area (TPSA) is 64.6 Å². The number of hydrogen-bond donors (Lipinski definition) is 1. The highest BCUT2D eigenvalue weighted by molar-refractivity contribution is 5.81. The van der Waals surface area contributed by atoms with Gasteiger partial charge in [-0.2, -0.15) is 0 Å². The van der Waals surface area contributed by atoms with E-state index in [1.165, 1.54) is 7.11 Å². The van der Waals surface area contributed by atoms with Gasteiger partial charge in [-0.05, 0) is 46.5 Å². The number of amides is 1. The number of hydrogen-bond acceptors (Lipinski definition) is 4. The molecule has 2 bridgehead atoms. The molecule has 0 saturated heterocycles. The molecule has 3 fully saturated rings. The van der Waals surface area contributed by atoms with Crippen molar-refractivity contribution >= 4 is 12.1 Å². The van der Waals surface area contributed by atoms with Gasteiger partial charge in [0.25, 0.3) is 0 Å². The fraction of sp³-hybridized carbons (Fsp3) is 0.846. The van der Waals surface area contributed by atoms with Crippen LogP contribution in [-0.2, 0) is 14.3 Å². The van der Waals surface area contributed by atoms with Crippen molar-refractivity contribution in [2.24, 2.45) is 5.41 Å². The van der Waals surface area contributed by atoms with E-state index in [9.17, 15) is 9.59 Å². The largest absolute Gasteiger partial charge is 0.469 e. The van der Waals surface area contributed by atoms with Gasteiger partial charge in [0.1, 0.15) is 5.60 Å². The van der Waals surface area contributed by atoms with Gasteiger partial charge in [0.15, 0.2) is 0 Å². The minimum Gasteiger partial charge on any atom is -0.469 e. The highest BCUT2D eigenvalue weighted by Crippen LogP contribution is 2.61. The minimum atomic E-state index is -0.498. The molecular weight excluding hydrogens is 234 g/mol. The molecule has 3 rings (SSSR count). The third kappa shape index (κ3) is 2.18. The third-order valence-electron chi connectivity index (χ3n) is 3.82. The number of methoxy groups -OCH3 is 1. The van der Waals surface area contributed by atoms with Crippen molar-refractivity contribution in [1.82, 2.24) is 5.32 Å². The molecule has 3 aliphatic rings. The Morgan fingerprint density at radius 2 is 1.78 bits per heavy atom. The van der Waals surface area contributed by atoms with Crippen molar-refractivity contribution in [3.05, 3.63) is 0 Å². The molecule has 0 radical (unpaired) electrons. The van der Waals surface area contributed by atoms with Gasteiger partial charge in [-0.15, -0.1) is 0 Å². The van der Waals surface area contributed by atoms with Crippen molar-refractivity contribution in [1.29, 1.82) is 0 Å². The predicted molar refractivity (Wildman–Crippen MR) is 65.0 cm³/mol. The summed E-state index contributed by atoms with van der Waals surface area (Å²) in [5, 5.41) is 2.91. The van der Waals surface area contributed by atoms with Crippen LogP contribution in [0.25, 0.3) is 0 Å². The standard InChI is InChI=1S/C13H21NO4/c1-11(2,3)18-10(16)14-13-6-5-12(7-13,8-13)9(15)17-4/h5-8H2,1-4H3,(H,14,16). The number of alkyl carbamates (subject to hydrolysis) is 1. The maximum absolute atomic E-state index is 11.7. The van der Waals surface area contributed by atoms with Crippen LogP contribution in [0, 0.1) is 5.41 Å². The Kier molecular flexibility index (Phi) is 2.83. The lowest BCUT2D eigenvalue weighted by Gasteiger charge is -2.45. The summed E-state index contributed by atoms with van der Waals surface area (Å²) in [6, 6.07) is 0. The summed E-state index contributed by atoms with van der Waals surface area (Å²) in [6.07, 6.45) is 2.55. The summed E-state index contributed by atoms with van der Waals surface area (Å²) in [5.41, 5.74) is -1.11. The molecule has 0 atom stereocenters. The van der Waals surface area contributed by atoms with E-state index in [0.29, 0.717) is 12.8 Å². The molecule has 1 amide bonds. The number of nitrogens with one attached hydrogen (secondary N) is 1. The quantitative estimate of drug-likeness (QED) is 0.766. The van der Waals surface area contributed by atoms with E-state index in [1.54, 1.807) is 0 Å². The van der Waals surface area contributed by atoms with Gasteiger partial charge in [0.2, 0.25) is 0 Å². The lowest BCUT2D eigenvalue weighted by Crippen LogP contribution is -2.58. The Morgan fingerprint density at radius 3 is 2.28 bits per heavy atom. The Hall–Kier alpha value is -1.26. The summed E-state index contributed by atoms with van der Waals surface area (Å²) < 4.78 is 10.1. The molecule has 0 aromatic rings. The maximum Gasteiger partial charge on any atom is 0.408 e. The van der Waals surface area contributed by atoms with Gasteiger partial charge in [-0.1, -0.05) is 0 Å². The number of fused-ring (bicyclic) bond motifs is 1. The van der Waals surface area contributed by atoms with E-state index in [4.69, 9.17) is 9.47 Å². The van der Waals surface area contributed by atoms with E-state index in [1.807, 2.05) is 20.8 Å². The molecule has 0 spiro atoms. The van der Waals surface area contributed by atoms with E-state index >= 15 is 0 Å². The van der Waals surface area contributed by atoms with E-state index in [0.717, 1.165) is 12.8 Å². The Balaban J connectivity index is 1.91. The van der Waals surface area contributed by atoms with Crippen LogP contribution in [0.3, 0.4) is 0 Å². The summed E-state index contributed by atoms with van der Waals surface area (Å²) in [6.45, 7) is 5.50. The lowest BCUT2D eigenvalue weighted by atomic mass is 9.65. The van der Waals surface area contributed by atoms with Gasteiger partial charge in [-0.3, -0.25) is 4.79 Å². The van der Waals surface area contributed by atoms with Crippen LogP contribution in [0.1, 0.15) is 46.5 Å². The summed E-state index contributed by atoms with van der Waals surface area (Å²) in [5.74, 6) is -0.151. The first-order valence-corrected chi connectivity index (χ1v) is 6.30. The molecule has 0 aromatic carbocycles. The second-order valence-electron chi connectivity index (χ2n) is 6.53. The molecule has 3 aliphatic carbocycles. The van der Waals surface area contributed by atoms with Crippen molar-refractivity contribution in [2.75, 3.05) is 7.11 Å². The minimum absolute atomic E-state index is 0.151. The van der Waals surface area contributed by atoms with Crippen LogP contribution in [0.5, 0.6) is 0 Å². The summed E-state index contributed by atoms with van der Waals surface area (Å²) in [7, 11) is 1.41. The average Bonchev–Trinajstić information content (AvgIpc) is 2.68. The zero-order valence-corrected chi connectivity index (χ0v) is 11.5. The molecule has 0 heterocycles. The number of rotatable bonds is 2. The van der Waals surface area contributed by atoms with E-state index in [2.05, 4.69) is 5.32 Å². The molecule has 102 valence electrons. The average molecular weight is 255 g/mol. The number of carbonyl (C=O) groups excluding carboxylic acids is 2. The number of carbonyl (C=O) groups is 2. The second-order valence-corrected chi connectivity index (χ2v) is 6.53. The fourth-order valence-electron chi connectivity index (χ4n) is 3.21. The van der Waals surface area contributed by atoms with Crippen molar-refractivity contribution < 1.29 is 19.1 Å². The molecule has 1 N–H and O–H groups in total. The van der Waals surface area contributed by atoms with Crippen molar-refractivity contribution in [3.63, 3.8) is 0 Å². The first-order valence-electron chi connectivity index (χ1n) is 6.30. The molecular formula is C13H21NO4. The fourth-order valence-corrected chi connectivity index (χ4v) is 3.21. The molecule has 5 heteroatoms. The van der Waals surface area contributed by atoms with Crippen LogP contribution in [-0.4, -0.2) is 30.3 Å². The second kappa shape index (κ2) is 3.87. The third-order valence-corrected chi connectivity index (χ3v) is 3.82.